The first-order valence-corrected chi connectivity index (χ1v) is 6.87. The Morgan fingerprint density at radius 3 is 2.35 bits per heavy atom. The van der Waals surface area contributed by atoms with Gasteiger partial charge < -0.3 is 15.4 Å². The van der Waals surface area contributed by atoms with E-state index in [4.69, 9.17) is 4.74 Å². The van der Waals surface area contributed by atoms with Gasteiger partial charge in [-0.25, -0.2) is 14.8 Å². The lowest BCUT2D eigenvalue weighted by atomic mass is 10.2. The second kappa shape index (κ2) is 7.07. The van der Waals surface area contributed by atoms with Crippen molar-refractivity contribution in [3.63, 3.8) is 0 Å². The molecule has 20 heavy (non-hydrogen) atoms. The maximum absolute atomic E-state index is 11.5. The Kier molecular flexibility index (Phi) is 5.73. The molecule has 0 aliphatic heterocycles. The number of nitrogens with one attached hydrogen (secondary N) is 2. The maximum Gasteiger partial charge on any atom is 0.328 e. The average molecular weight is 280 g/mol. The van der Waals surface area contributed by atoms with Gasteiger partial charge in [-0.15, -0.1) is 0 Å². The summed E-state index contributed by atoms with van der Waals surface area (Å²) in [6.07, 6.45) is 0. The number of rotatable bonds is 6. The van der Waals surface area contributed by atoms with Crippen molar-refractivity contribution in [1.29, 1.82) is 0 Å². The molecular formula is C14H24N4O2. The van der Waals surface area contributed by atoms with E-state index in [2.05, 4.69) is 20.6 Å². The molecule has 1 aromatic rings. The zero-order chi connectivity index (χ0) is 15.3. The number of aromatic nitrogens is 2. The van der Waals surface area contributed by atoms with E-state index in [1.54, 1.807) is 6.92 Å². The van der Waals surface area contributed by atoms with Gasteiger partial charge in [-0.3, -0.25) is 0 Å². The van der Waals surface area contributed by atoms with Gasteiger partial charge in [0.15, 0.2) is 0 Å². The fourth-order valence-electron chi connectivity index (χ4n) is 1.71. The molecule has 0 saturated heterocycles. The van der Waals surface area contributed by atoms with Gasteiger partial charge in [-0.1, -0.05) is 13.8 Å². The Bertz CT molecular complexity index is 474. The van der Waals surface area contributed by atoms with Crippen LogP contribution >= 0.6 is 0 Å². The summed E-state index contributed by atoms with van der Waals surface area (Å²) in [6.45, 7) is 10.5. The van der Waals surface area contributed by atoms with Crippen molar-refractivity contribution in [2.24, 2.45) is 0 Å². The van der Waals surface area contributed by atoms with Gasteiger partial charge in [0.25, 0.3) is 0 Å². The van der Waals surface area contributed by atoms with Gasteiger partial charge in [-0.2, -0.15) is 0 Å². The van der Waals surface area contributed by atoms with E-state index in [-0.39, 0.29) is 11.9 Å². The van der Waals surface area contributed by atoms with Gasteiger partial charge in [-0.05, 0) is 20.8 Å². The smallest absolute Gasteiger partial charge is 0.328 e. The lowest BCUT2D eigenvalue weighted by Crippen LogP contribution is -2.28. The standard InChI is InChI=1S/C14H24N4O2/c1-7-15-12-9(4)13(16-10(5)14(19)20-6)18-11(17-12)8(2)3/h8,10H,7H2,1-6H3,(H2,15,16,17,18). The summed E-state index contributed by atoms with van der Waals surface area (Å²) in [7, 11) is 1.37. The van der Waals surface area contributed by atoms with E-state index in [0.717, 1.165) is 23.8 Å². The number of carbonyl (C=O) groups is 1. The van der Waals surface area contributed by atoms with Crippen molar-refractivity contribution in [3.8, 4) is 0 Å². The maximum atomic E-state index is 11.5. The van der Waals surface area contributed by atoms with Crippen LogP contribution in [0.4, 0.5) is 11.6 Å². The van der Waals surface area contributed by atoms with Crippen LogP contribution in [-0.2, 0) is 9.53 Å². The summed E-state index contributed by atoms with van der Waals surface area (Å²) in [4.78, 5) is 20.5. The molecule has 2 N–H and O–H groups in total. The molecule has 0 aromatic carbocycles. The molecule has 1 atom stereocenters. The number of hydrogen-bond acceptors (Lipinski definition) is 6. The van der Waals surface area contributed by atoms with E-state index >= 15 is 0 Å². The third kappa shape index (κ3) is 3.82. The number of hydrogen-bond donors (Lipinski definition) is 2. The number of nitrogens with zero attached hydrogens (tertiary/aromatic N) is 2. The van der Waals surface area contributed by atoms with Crippen molar-refractivity contribution < 1.29 is 9.53 Å². The van der Waals surface area contributed by atoms with Gasteiger partial charge in [0, 0.05) is 18.0 Å². The molecule has 1 aromatic heterocycles. The van der Waals surface area contributed by atoms with Crippen molar-refractivity contribution in [1.82, 2.24) is 9.97 Å². The van der Waals surface area contributed by atoms with Gasteiger partial charge in [0.2, 0.25) is 0 Å². The van der Waals surface area contributed by atoms with Crippen molar-refractivity contribution in [2.45, 2.75) is 46.6 Å². The monoisotopic (exact) mass is 280 g/mol. The Labute approximate surface area is 120 Å². The molecule has 0 aliphatic rings. The van der Waals surface area contributed by atoms with Crippen LogP contribution in [0.3, 0.4) is 0 Å². The molecule has 0 spiro atoms. The van der Waals surface area contributed by atoms with Crippen molar-refractivity contribution >= 4 is 17.6 Å². The second-order valence-electron chi connectivity index (χ2n) is 4.98. The topological polar surface area (TPSA) is 76.1 Å². The second-order valence-corrected chi connectivity index (χ2v) is 4.98. The fraction of sp³-hybridized carbons (Fsp3) is 0.643. The zero-order valence-electron chi connectivity index (χ0n) is 13.1. The Morgan fingerprint density at radius 1 is 1.25 bits per heavy atom. The third-order valence-corrected chi connectivity index (χ3v) is 2.93. The molecule has 1 heterocycles. The highest BCUT2D eigenvalue weighted by Gasteiger charge is 2.18. The van der Waals surface area contributed by atoms with E-state index in [1.807, 2.05) is 27.7 Å². The van der Waals surface area contributed by atoms with Crippen LogP contribution < -0.4 is 10.6 Å². The highest BCUT2D eigenvalue weighted by molar-refractivity contribution is 5.79. The van der Waals surface area contributed by atoms with Gasteiger partial charge in [0.05, 0.1) is 7.11 Å². The van der Waals surface area contributed by atoms with Gasteiger partial charge in [0.1, 0.15) is 23.5 Å². The molecule has 112 valence electrons. The summed E-state index contributed by atoms with van der Waals surface area (Å²) in [5, 5.41) is 6.31. The number of methoxy groups -OCH3 is 1. The summed E-state index contributed by atoms with van der Waals surface area (Å²) in [5.74, 6) is 2.09. The molecule has 0 fully saturated rings. The summed E-state index contributed by atoms with van der Waals surface area (Å²) < 4.78 is 4.72. The van der Waals surface area contributed by atoms with Crippen LogP contribution in [0.1, 0.15) is 45.0 Å². The Morgan fingerprint density at radius 2 is 1.85 bits per heavy atom. The first kappa shape index (κ1) is 16.2. The van der Waals surface area contributed by atoms with Gasteiger partial charge >= 0.3 is 5.97 Å². The number of anilines is 2. The molecule has 0 bridgehead atoms. The molecule has 1 unspecified atom stereocenters. The molecular weight excluding hydrogens is 256 g/mol. The lowest BCUT2D eigenvalue weighted by molar-refractivity contribution is -0.141. The largest absolute Gasteiger partial charge is 0.467 e. The quantitative estimate of drug-likeness (QED) is 0.779. The van der Waals surface area contributed by atoms with E-state index in [0.29, 0.717) is 5.82 Å². The minimum absolute atomic E-state index is 0.210. The normalized spacial score (nSPS) is 12.2. The molecule has 0 radical (unpaired) electrons. The number of carbonyl (C=O) groups excluding carboxylic acids is 1. The third-order valence-electron chi connectivity index (χ3n) is 2.93. The first-order valence-electron chi connectivity index (χ1n) is 6.87. The van der Waals surface area contributed by atoms with Crippen LogP contribution in [0.5, 0.6) is 0 Å². The molecule has 1 rings (SSSR count). The highest BCUT2D eigenvalue weighted by atomic mass is 16.5. The zero-order valence-corrected chi connectivity index (χ0v) is 13.1. The number of esters is 1. The van der Waals surface area contributed by atoms with Crippen LogP contribution in [0, 0.1) is 6.92 Å². The molecule has 0 aliphatic carbocycles. The van der Waals surface area contributed by atoms with Crippen LogP contribution in [0.25, 0.3) is 0 Å². The van der Waals surface area contributed by atoms with E-state index in [1.165, 1.54) is 7.11 Å². The van der Waals surface area contributed by atoms with Crippen LogP contribution in [0.15, 0.2) is 0 Å². The lowest BCUT2D eigenvalue weighted by Gasteiger charge is -2.18. The van der Waals surface area contributed by atoms with Crippen LogP contribution in [-0.4, -0.2) is 35.6 Å². The van der Waals surface area contributed by atoms with Crippen molar-refractivity contribution in [3.05, 3.63) is 11.4 Å². The Balaban J connectivity index is 3.13. The van der Waals surface area contributed by atoms with E-state index in [9.17, 15) is 4.79 Å². The molecule has 0 amide bonds. The molecule has 6 nitrogen and oxygen atoms in total. The summed E-state index contributed by atoms with van der Waals surface area (Å²) in [6, 6.07) is -0.455. The predicted octanol–water partition coefficient (Wildman–Crippen LogP) is 2.31. The SMILES string of the molecule is CCNc1nc(C(C)C)nc(NC(C)C(=O)OC)c1C. The highest BCUT2D eigenvalue weighted by Crippen LogP contribution is 2.23. The molecule has 0 saturated carbocycles. The minimum atomic E-state index is -0.455. The summed E-state index contributed by atoms with van der Waals surface area (Å²) in [5.41, 5.74) is 0.895. The number of ether oxygens (including phenoxy) is 1. The minimum Gasteiger partial charge on any atom is -0.467 e. The molecule has 6 heteroatoms. The van der Waals surface area contributed by atoms with E-state index < -0.39 is 6.04 Å². The Hall–Kier alpha value is -1.85. The predicted molar refractivity (Wildman–Crippen MR) is 80.1 cm³/mol. The van der Waals surface area contributed by atoms with Crippen molar-refractivity contribution in [2.75, 3.05) is 24.3 Å². The first-order chi connectivity index (χ1) is 9.40. The summed E-state index contributed by atoms with van der Waals surface area (Å²) >= 11 is 0. The van der Waals surface area contributed by atoms with Crippen LogP contribution in [0.2, 0.25) is 0 Å². The fourth-order valence-corrected chi connectivity index (χ4v) is 1.71. The average Bonchev–Trinajstić information content (AvgIpc) is 2.41.